The minimum atomic E-state index is -0.203. The van der Waals surface area contributed by atoms with E-state index in [1.807, 2.05) is 25.1 Å². The molecular formula is C16H12Cl2INO. The van der Waals surface area contributed by atoms with Crippen LogP contribution in [0.1, 0.15) is 11.1 Å². The van der Waals surface area contributed by atoms with Gasteiger partial charge >= 0.3 is 0 Å². The number of carbonyl (C=O) groups excluding carboxylic acids is 1. The molecule has 0 unspecified atom stereocenters. The first-order valence-corrected chi connectivity index (χ1v) is 7.99. The summed E-state index contributed by atoms with van der Waals surface area (Å²) in [5.74, 6) is -0.203. The summed E-state index contributed by atoms with van der Waals surface area (Å²) in [5.41, 5.74) is 2.57. The lowest BCUT2D eigenvalue weighted by Crippen LogP contribution is -2.08. The molecule has 2 aromatic carbocycles. The lowest BCUT2D eigenvalue weighted by atomic mass is 10.2. The number of nitrogens with one attached hydrogen (secondary N) is 1. The van der Waals surface area contributed by atoms with Crippen molar-refractivity contribution in [1.29, 1.82) is 0 Å². The Hall–Kier alpha value is -1.04. The first-order chi connectivity index (χ1) is 9.95. The summed E-state index contributed by atoms with van der Waals surface area (Å²) in [5, 5.41) is 3.92. The first-order valence-electron chi connectivity index (χ1n) is 6.16. The average molecular weight is 432 g/mol. The number of aryl methyl sites for hydroxylation is 1. The van der Waals surface area contributed by atoms with Crippen molar-refractivity contribution in [1.82, 2.24) is 0 Å². The zero-order chi connectivity index (χ0) is 15.4. The van der Waals surface area contributed by atoms with Crippen LogP contribution in [0.15, 0.2) is 42.5 Å². The van der Waals surface area contributed by atoms with Crippen molar-refractivity contribution in [3.8, 4) is 0 Å². The van der Waals surface area contributed by atoms with Crippen LogP contribution in [0.5, 0.6) is 0 Å². The summed E-state index contributed by atoms with van der Waals surface area (Å²) in [6, 6.07) is 11.0. The van der Waals surface area contributed by atoms with E-state index >= 15 is 0 Å². The van der Waals surface area contributed by atoms with Gasteiger partial charge in [0.1, 0.15) is 0 Å². The third-order valence-electron chi connectivity index (χ3n) is 2.82. The Bertz CT molecular complexity index is 713. The van der Waals surface area contributed by atoms with Crippen LogP contribution in [0, 0.1) is 10.5 Å². The van der Waals surface area contributed by atoms with Gasteiger partial charge in [0.2, 0.25) is 5.91 Å². The van der Waals surface area contributed by atoms with Gasteiger partial charge in [-0.15, -0.1) is 0 Å². The molecule has 2 rings (SSSR count). The topological polar surface area (TPSA) is 29.1 Å². The van der Waals surface area contributed by atoms with Gasteiger partial charge in [-0.1, -0.05) is 29.3 Å². The summed E-state index contributed by atoms with van der Waals surface area (Å²) < 4.78 is 1.13. The highest BCUT2D eigenvalue weighted by molar-refractivity contribution is 14.1. The number of benzene rings is 2. The molecule has 21 heavy (non-hydrogen) atoms. The Morgan fingerprint density at radius 1 is 1.19 bits per heavy atom. The third-order valence-corrected chi connectivity index (χ3v) is 4.06. The van der Waals surface area contributed by atoms with Crippen molar-refractivity contribution in [2.24, 2.45) is 0 Å². The van der Waals surface area contributed by atoms with Gasteiger partial charge in [0.15, 0.2) is 0 Å². The van der Waals surface area contributed by atoms with Gasteiger partial charge in [-0.25, -0.2) is 0 Å². The predicted octanol–water partition coefficient (Wildman–Crippen LogP) is 5.56. The van der Waals surface area contributed by atoms with E-state index in [9.17, 15) is 4.79 Å². The Morgan fingerprint density at radius 3 is 2.62 bits per heavy atom. The Kier molecular flexibility index (Phi) is 5.67. The Labute approximate surface area is 147 Å². The highest BCUT2D eigenvalue weighted by Gasteiger charge is 2.03. The van der Waals surface area contributed by atoms with Crippen LogP contribution in [0.3, 0.4) is 0 Å². The average Bonchev–Trinajstić information content (AvgIpc) is 2.41. The maximum atomic E-state index is 11.9. The number of hydrogen-bond acceptors (Lipinski definition) is 1. The summed E-state index contributed by atoms with van der Waals surface area (Å²) in [6.07, 6.45) is 3.11. The number of carbonyl (C=O) groups is 1. The molecule has 0 aliphatic heterocycles. The van der Waals surface area contributed by atoms with Crippen LogP contribution < -0.4 is 5.32 Å². The maximum absolute atomic E-state index is 11.9. The van der Waals surface area contributed by atoms with Gasteiger partial charge in [0, 0.05) is 25.4 Å². The van der Waals surface area contributed by atoms with Crippen LogP contribution >= 0.6 is 45.8 Å². The number of hydrogen-bond donors (Lipinski definition) is 1. The fourth-order valence-electron chi connectivity index (χ4n) is 1.74. The largest absolute Gasteiger partial charge is 0.322 e. The molecular weight excluding hydrogens is 420 g/mol. The number of halogens is 3. The molecule has 108 valence electrons. The minimum Gasteiger partial charge on any atom is -0.322 e. The second kappa shape index (κ2) is 7.29. The van der Waals surface area contributed by atoms with Crippen LogP contribution in [0.25, 0.3) is 6.08 Å². The molecule has 0 saturated carbocycles. The van der Waals surface area contributed by atoms with Gasteiger partial charge in [-0.3, -0.25) is 4.79 Å². The van der Waals surface area contributed by atoms with Crippen molar-refractivity contribution in [3.63, 3.8) is 0 Å². The highest BCUT2D eigenvalue weighted by atomic mass is 127. The van der Waals surface area contributed by atoms with Crippen LogP contribution in [-0.2, 0) is 4.79 Å². The second-order valence-electron chi connectivity index (χ2n) is 4.45. The highest BCUT2D eigenvalue weighted by Crippen LogP contribution is 2.22. The van der Waals surface area contributed by atoms with E-state index in [4.69, 9.17) is 23.2 Å². The molecule has 2 aromatic rings. The molecule has 1 amide bonds. The van der Waals surface area contributed by atoms with Gasteiger partial charge in [0.25, 0.3) is 0 Å². The SMILES string of the molecule is Cc1cc(I)ccc1NC(=O)C=Cc1ccc(Cl)cc1Cl. The Morgan fingerprint density at radius 2 is 1.95 bits per heavy atom. The predicted molar refractivity (Wildman–Crippen MR) is 98.0 cm³/mol. The van der Waals surface area contributed by atoms with Gasteiger partial charge in [-0.05, 0) is 77.0 Å². The minimum absolute atomic E-state index is 0.203. The smallest absolute Gasteiger partial charge is 0.248 e. The van der Waals surface area contributed by atoms with Crippen molar-refractivity contribution >= 4 is 63.5 Å². The fourth-order valence-corrected chi connectivity index (χ4v) is 2.86. The molecule has 0 aliphatic rings. The Balaban J connectivity index is 2.09. The molecule has 5 heteroatoms. The zero-order valence-electron chi connectivity index (χ0n) is 11.2. The molecule has 0 saturated heterocycles. The summed E-state index contributed by atoms with van der Waals surface area (Å²) in [6.45, 7) is 1.96. The fraction of sp³-hybridized carbons (Fsp3) is 0.0625. The van der Waals surface area contributed by atoms with Gasteiger partial charge in [-0.2, -0.15) is 0 Å². The summed E-state index contributed by atoms with van der Waals surface area (Å²) in [4.78, 5) is 11.9. The number of rotatable bonds is 3. The molecule has 0 atom stereocenters. The quantitative estimate of drug-likeness (QED) is 0.500. The standard InChI is InChI=1S/C16H12Cl2INO/c1-10-8-13(19)5-6-15(10)20-16(21)7-3-11-2-4-12(17)9-14(11)18/h2-9H,1H3,(H,20,21). The molecule has 0 aliphatic carbocycles. The second-order valence-corrected chi connectivity index (χ2v) is 6.54. The number of anilines is 1. The monoisotopic (exact) mass is 431 g/mol. The van der Waals surface area contributed by atoms with Crippen molar-refractivity contribution in [3.05, 3.63) is 67.2 Å². The first kappa shape index (κ1) is 16.3. The van der Waals surface area contributed by atoms with Gasteiger partial charge < -0.3 is 5.32 Å². The van der Waals surface area contributed by atoms with Crippen LogP contribution in [0.4, 0.5) is 5.69 Å². The molecule has 2 nitrogen and oxygen atoms in total. The van der Waals surface area contributed by atoms with Crippen molar-refractivity contribution in [2.45, 2.75) is 6.92 Å². The summed E-state index contributed by atoms with van der Waals surface area (Å²) in [7, 11) is 0. The van der Waals surface area contributed by atoms with E-state index in [1.165, 1.54) is 6.08 Å². The zero-order valence-corrected chi connectivity index (χ0v) is 14.8. The molecule has 0 spiro atoms. The van der Waals surface area contributed by atoms with Crippen molar-refractivity contribution in [2.75, 3.05) is 5.32 Å². The number of amides is 1. The lowest BCUT2D eigenvalue weighted by Gasteiger charge is -2.06. The third kappa shape index (κ3) is 4.73. The molecule has 0 bridgehead atoms. The summed E-state index contributed by atoms with van der Waals surface area (Å²) >= 11 is 14.1. The van der Waals surface area contributed by atoms with E-state index in [0.717, 1.165) is 20.4 Å². The molecule has 0 fully saturated rings. The molecule has 0 heterocycles. The normalized spacial score (nSPS) is 10.9. The van der Waals surface area contributed by atoms with E-state index in [-0.39, 0.29) is 5.91 Å². The maximum Gasteiger partial charge on any atom is 0.248 e. The molecule has 1 N–H and O–H groups in total. The lowest BCUT2D eigenvalue weighted by molar-refractivity contribution is -0.111. The van der Waals surface area contributed by atoms with Gasteiger partial charge in [0.05, 0.1) is 0 Å². The van der Waals surface area contributed by atoms with Crippen LogP contribution in [0.2, 0.25) is 10.0 Å². The van der Waals surface area contributed by atoms with E-state index < -0.39 is 0 Å². The van der Waals surface area contributed by atoms with E-state index in [1.54, 1.807) is 24.3 Å². The molecule has 0 aromatic heterocycles. The van der Waals surface area contributed by atoms with Crippen molar-refractivity contribution < 1.29 is 4.79 Å². The molecule has 0 radical (unpaired) electrons. The van der Waals surface area contributed by atoms with E-state index in [0.29, 0.717) is 10.0 Å². The van der Waals surface area contributed by atoms with E-state index in [2.05, 4.69) is 27.9 Å². The van der Waals surface area contributed by atoms with Crippen LogP contribution in [-0.4, -0.2) is 5.91 Å².